The Morgan fingerprint density at radius 3 is 2.12 bits per heavy atom. The lowest BCUT2D eigenvalue weighted by atomic mass is 10.1. The van der Waals surface area contributed by atoms with Crippen LogP contribution in [0.15, 0.2) is 102 Å². The zero-order valence-corrected chi connectivity index (χ0v) is 16.9. The van der Waals surface area contributed by atoms with E-state index in [0.717, 1.165) is 16.7 Å². The first kappa shape index (κ1) is 19.3. The van der Waals surface area contributed by atoms with Crippen molar-refractivity contribution in [2.24, 2.45) is 0 Å². The summed E-state index contributed by atoms with van der Waals surface area (Å²) in [5.41, 5.74) is 4.60. The van der Waals surface area contributed by atoms with Gasteiger partial charge in [-0.15, -0.1) is 0 Å². The topological polar surface area (TPSA) is 89.2 Å². The van der Waals surface area contributed by atoms with Crippen LogP contribution in [0.4, 0.5) is 11.4 Å². The standard InChI is InChI=1S/C25H18N4O3/c30-24(27-18-9-11-19(12-10-18)28-25(31)23-6-3-15-32-23)17-7-13-20(14-8-17)29-16-26-21-4-1-2-5-22(21)29/h1-16H,(H,27,30)(H,28,31). The Labute approximate surface area is 183 Å². The van der Waals surface area contributed by atoms with Gasteiger partial charge in [-0.05, 0) is 72.8 Å². The molecule has 7 nitrogen and oxygen atoms in total. The maximum Gasteiger partial charge on any atom is 0.291 e. The number of carbonyl (C=O) groups is 2. The lowest BCUT2D eigenvalue weighted by Gasteiger charge is -2.09. The predicted octanol–water partition coefficient (Wildman–Crippen LogP) is 5.12. The van der Waals surface area contributed by atoms with Crippen LogP contribution < -0.4 is 10.6 Å². The summed E-state index contributed by atoms with van der Waals surface area (Å²) < 4.78 is 7.05. The second kappa shape index (κ2) is 8.23. The molecule has 0 aliphatic carbocycles. The zero-order chi connectivity index (χ0) is 21.9. The molecule has 0 unspecified atom stereocenters. The van der Waals surface area contributed by atoms with Crippen molar-refractivity contribution in [3.05, 3.63) is 109 Å². The number of benzene rings is 3. The quantitative estimate of drug-likeness (QED) is 0.411. The van der Waals surface area contributed by atoms with E-state index in [-0.39, 0.29) is 17.6 Å². The van der Waals surface area contributed by atoms with E-state index in [1.807, 2.05) is 41.0 Å². The van der Waals surface area contributed by atoms with E-state index in [2.05, 4.69) is 15.6 Å². The second-order valence-electron chi connectivity index (χ2n) is 7.11. The van der Waals surface area contributed by atoms with Gasteiger partial charge in [0.05, 0.1) is 17.3 Å². The van der Waals surface area contributed by atoms with Crippen LogP contribution in [0.5, 0.6) is 0 Å². The third kappa shape index (κ3) is 3.87. The molecule has 156 valence electrons. The predicted molar refractivity (Wildman–Crippen MR) is 122 cm³/mol. The highest BCUT2D eigenvalue weighted by atomic mass is 16.3. The molecule has 2 N–H and O–H groups in total. The number of aromatic nitrogens is 2. The molecule has 2 heterocycles. The molecule has 0 aliphatic rings. The third-order valence-corrected chi connectivity index (χ3v) is 5.01. The summed E-state index contributed by atoms with van der Waals surface area (Å²) in [6, 6.07) is 25.3. The number of nitrogens with one attached hydrogen (secondary N) is 2. The van der Waals surface area contributed by atoms with Gasteiger partial charge in [-0.1, -0.05) is 12.1 Å². The highest BCUT2D eigenvalue weighted by Crippen LogP contribution is 2.19. The minimum Gasteiger partial charge on any atom is -0.459 e. The normalized spacial score (nSPS) is 10.8. The number of carbonyl (C=O) groups excluding carboxylic acids is 2. The van der Waals surface area contributed by atoms with Gasteiger partial charge >= 0.3 is 0 Å². The number of anilines is 2. The molecule has 32 heavy (non-hydrogen) atoms. The van der Waals surface area contributed by atoms with Gasteiger partial charge in [0.25, 0.3) is 11.8 Å². The lowest BCUT2D eigenvalue weighted by Crippen LogP contribution is -2.13. The number of furan rings is 1. The molecular formula is C25H18N4O3. The molecular weight excluding hydrogens is 404 g/mol. The van der Waals surface area contributed by atoms with Crippen molar-refractivity contribution in [3.8, 4) is 5.69 Å². The Bertz CT molecular complexity index is 1390. The molecule has 5 aromatic rings. The number of hydrogen-bond donors (Lipinski definition) is 2. The molecule has 0 aliphatic heterocycles. The number of para-hydroxylation sites is 2. The summed E-state index contributed by atoms with van der Waals surface area (Å²) in [6.45, 7) is 0. The molecule has 0 saturated carbocycles. The van der Waals surface area contributed by atoms with Crippen LogP contribution in [0.25, 0.3) is 16.7 Å². The molecule has 0 spiro atoms. The van der Waals surface area contributed by atoms with E-state index in [1.54, 1.807) is 54.9 Å². The van der Waals surface area contributed by atoms with Gasteiger partial charge in [-0.3, -0.25) is 14.2 Å². The molecule has 7 heteroatoms. The van der Waals surface area contributed by atoms with E-state index >= 15 is 0 Å². The van der Waals surface area contributed by atoms with E-state index < -0.39 is 0 Å². The Hall–Kier alpha value is -4.65. The van der Waals surface area contributed by atoms with Gasteiger partial charge in [0.15, 0.2) is 5.76 Å². The molecule has 0 radical (unpaired) electrons. The Kier molecular flexibility index (Phi) is 4.97. The van der Waals surface area contributed by atoms with Crippen LogP contribution in [0.1, 0.15) is 20.9 Å². The van der Waals surface area contributed by atoms with Crippen LogP contribution in [-0.4, -0.2) is 21.4 Å². The summed E-state index contributed by atoms with van der Waals surface area (Å²) in [5, 5.41) is 5.60. The molecule has 0 saturated heterocycles. The van der Waals surface area contributed by atoms with Crippen molar-refractivity contribution in [2.45, 2.75) is 0 Å². The SMILES string of the molecule is O=C(Nc1ccc(NC(=O)c2ccco2)cc1)c1ccc(-n2cnc3ccccc32)cc1. The summed E-state index contributed by atoms with van der Waals surface area (Å²) in [4.78, 5) is 29.1. The largest absolute Gasteiger partial charge is 0.459 e. The van der Waals surface area contributed by atoms with E-state index in [4.69, 9.17) is 4.42 Å². The van der Waals surface area contributed by atoms with Crippen LogP contribution in [0, 0.1) is 0 Å². The number of fused-ring (bicyclic) bond motifs is 1. The number of imidazole rings is 1. The van der Waals surface area contributed by atoms with Crippen molar-refractivity contribution in [1.82, 2.24) is 9.55 Å². The minimum absolute atomic E-state index is 0.223. The summed E-state index contributed by atoms with van der Waals surface area (Å²) in [5.74, 6) is -0.327. The number of rotatable bonds is 5. The first-order chi connectivity index (χ1) is 15.7. The van der Waals surface area contributed by atoms with Gasteiger partial charge in [0.2, 0.25) is 0 Å². The zero-order valence-electron chi connectivity index (χ0n) is 16.9. The molecule has 2 aromatic heterocycles. The highest BCUT2D eigenvalue weighted by Gasteiger charge is 2.10. The fourth-order valence-corrected chi connectivity index (χ4v) is 3.38. The van der Waals surface area contributed by atoms with Gasteiger partial charge in [-0.25, -0.2) is 4.98 Å². The minimum atomic E-state index is -0.336. The maximum atomic E-state index is 12.6. The second-order valence-corrected chi connectivity index (χ2v) is 7.11. The molecule has 0 bridgehead atoms. The average molecular weight is 422 g/mol. The molecule has 2 amide bonds. The molecule has 3 aromatic carbocycles. The molecule has 5 rings (SSSR count). The van der Waals surface area contributed by atoms with E-state index in [9.17, 15) is 9.59 Å². The van der Waals surface area contributed by atoms with Crippen molar-refractivity contribution < 1.29 is 14.0 Å². The van der Waals surface area contributed by atoms with E-state index in [0.29, 0.717) is 16.9 Å². The first-order valence-corrected chi connectivity index (χ1v) is 9.96. The Morgan fingerprint density at radius 1 is 0.750 bits per heavy atom. The van der Waals surface area contributed by atoms with E-state index in [1.165, 1.54) is 6.26 Å². The third-order valence-electron chi connectivity index (χ3n) is 5.01. The summed E-state index contributed by atoms with van der Waals surface area (Å²) >= 11 is 0. The molecule has 0 atom stereocenters. The first-order valence-electron chi connectivity index (χ1n) is 9.96. The summed E-state index contributed by atoms with van der Waals surface area (Å²) in [7, 11) is 0. The van der Waals surface area contributed by atoms with Crippen molar-refractivity contribution in [3.63, 3.8) is 0 Å². The molecule has 0 fully saturated rings. The fraction of sp³-hybridized carbons (Fsp3) is 0. The Balaban J connectivity index is 1.25. The average Bonchev–Trinajstić information content (AvgIpc) is 3.51. The fourth-order valence-electron chi connectivity index (χ4n) is 3.38. The maximum absolute atomic E-state index is 12.6. The van der Waals surface area contributed by atoms with Gasteiger partial charge in [-0.2, -0.15) is 0 Å². The lowest BCUT2D eigenvalue weighted by molar-refractivity contribution is 0.0994. The Morgan fingerprint density at radius 2 is 1.44 bits per heavy atom. The van der Waals surface area contributed by atoms with Gasteiger partial charge in [0.1, 0.15) is 6.33 Å². The van der Waals surface area contributed by atoms with Crippen LogP contribution >= 0.6 is 0 Å². The van der Waals surface area contributed by atoms with Crippen molar-refractivity contribution in [1.29, 1.82) is 0 Å². The number of amides is 2. The number of nitrogens with zero attached hydrogens (tertiary/aromatic N) is 2. The van der Waals surface area contributed by atoms with Gasteiger partial charge < -0.3 is 15.1 Å². The van der Waals surface area contributed by atoms with Crippen molar-refractivity contribution in [2.75, 3.05) is 10.6 Å². The van der Waals surface area contributed by atoms with Crippen LogP contribution in [-0.2, 0) is 0 Å². The smallest absolute Gasteiger partial charge is 0.291 e. The monoisotopic (exact) mass is 422 g/mol. The summed E-state index contributed by atoms with van der Waals surface area (Å²) in [6.07, 6.45) is 3.21. The van der Waals surface area contributed by atoms with Crippen LogP contribution in [0.2, 0.25) is 0 Å². The highest BCUT2D eigenvalue weighted by molar-refractivity contribution is 6.05. The number of hydrogen-bond acceptors (Lipinski definition) is 4. The van der Waals surface area contributed by atoms with Crippen LogP contribution in [0.3, 0.4) is 0 Å². The van der Waals surface area contributed by atoms with Gasteiger partial charge in [0, 0.05) is 22.6 Å². The van der Waals surface area contributed by atoms with Crippen molar-refractivity contribution >= 4 is 34.2 Å².